The minimum absolute atomic E-state index is 0.0653. The van der Waals surface area contributed by atoms with E-state index in [0.29, 0.717) is 11.9 Å². The van der Waals surface area contributed by atoms with E-state index in [1.54, 1.807) is 0 Å². The molecule has 1 heterocycles. The van der Waals surface area contributed by atoms with Gasteiger partial charge in [-0.15, -0.1) is 5.10 Å². The molecule has 0 aliphatic carbocycles. The van der Waals surface area contributed by atoms with Gasteiger partial charge in [0.15, 0.2) is 0 Å². The van der Waals surface area contributed by atoms with Crippen molar-refractivity contribution in [2.45, 2.75) is 33.2 Å². The van der Waals surface area contributed by atoms with E-state index in [-0.39, 0.29) is 6.04 Å². The van der Waals surface area contributed by atoms with Crippen molar-refractivity contribution in [2.24, 2.45) is 0 Å². The van der Waals surface area contributed by atoms with Crippen molar-refractivity contribution in [2.75, 3.05) is 11.9 Å². The fraction of sp³-hybridized carbons (Fsp3) is 0.429. The number of aryl methyl sites for hydroxylation is 1. The molecule has 1 atom stereocenters. The summed E-state index contributed by atoms with van der Waals surface area (Å²) < 4.78 is 5.56. The van der Waals surface area contributed by atoms with Crippen molar-refractivity contribution in [3.05, 3.63) is 35.7 Å². The van der Waals surface area contributed by atoms with E-state index in [4.69, 9.17) is 4.42 Å². The summed E-state index contributed by atoms with van der Waals surface area (Å²) in [6, 6.07) is 8.67. The number of nitrogens with zero attached hydrogens (tertiary/aromatic N) is 2. The summed E-state index contributed by atoms with van der Waals surface area (Å²) in [7, 11) is 0. The van der Waals surface area contributed by atoms with Crippen LogP contribution in [-0.2, 0) is 6.42 Å². The highest BCUT2D eigenvalue weighted by Crippen LogP contribution is 2.18. The lowest BCUT2D eigenvalue weighted by Crippen LogP contribution is -2.17. The molecule has 2 N–H and O–H groups in total. The van der Waals surface area contributed by atoms with Crippen LogP contribution >= 0.6 is 0 Å². The van der Waals surface area contributed by atoms with Crippen LogP contribution in [0.5, 0.6) is 0 Å². The molecule has 5 heteroatoms. The molecule has 1 unspecified atom stereocenters. The van der Waals surface area contributed by atoms with Crippen LogP contribution in [0.25, 0.3) is 0 Å². The van der Waals surface area contributed by atoms with Gasteiger partial charge in [0.2, 0.25) is 5.89 Å². The molecule has 19 heavy (non-hydrogen) atoms. The van der Waals surface area contributed by atoms with Gasteiger partial charge < -0.3 is 15.1 Å². The van der Waals surface area contributed by atoms with Gasteiger partial charge in [0, 0.05) is 5.69 Å². The first kappa shape index (κ1) is 13.5. The van der Waals surface area contributed by atoms with Crippen LogP contribution in [0, 0.1) is 0 Å². The highest BCUT2D eigenvalue weighted by Gasteiger charge is 2.12. The van der Waals surface area contributed by atoms with E-state index >= 15 is 0 Å². The van der Waals surface area contributed by atoms with E-state index in [0.717, 1.165) is 18.7 Å². The lowest BCUT2D eigenvalue weighted by molar-refractivity contribution is 0.430. The van der Waals surface area contributed by atoms with Crippen LogP contribution in [0.2, 0.25) is 0 Å². The average molecular weight is 260 g/mol. The van der Waals surface area contributed by atoms with Crippen LogP contribution in [0.1, 0.15) is 38.3 Å². The molecule has 0 amide bonds. The normalized spacial score (nSPS) is 12.4. The molecular formula is C14H20N4O. The minimum Gasteiger partial charge on any atom is -0.406 e. The molecule has 102 valence electrons. The van der Waals surface area contributed by atoms with Gasteiger partial charge in [-0.2, -0.15) is 0 Å². The Morgan fingerprint density at radius 1 is 1.16 bits per heavy atom. The number of anilines is 2. The van der Waals surface area contributed by atoms with Crippen molar-refractivity contribution >= 4 is 11.7 Å². The van der Waals surface area contributed by atoms with Crippen molar-refractivity contribution in [1.29, 1.82) is 0 Å². The van der Waals surface area contributed by atoms with E-state index in [1.807, 2.05) is 26.0 Å². The third-order valence-electron chi connectivity index (χ3n) is 2.93. The smallest absolute Gasteiger partial charge is 0.320 e. The van der Waals surface area contributed by atoms with Gasteiger partial charge in [-0.25, -0.2) is 0 Å². The Hall–Kier alpha value is -1.88. The Balaban J connectivity index is 2.02. The van der Waals surface area contributed by atoms with E-state index in [9.17, 15) is 0 Å². The maximum atomic E-state index is 5.56. The molecule has 0 bridgehead atoms. The van der Waals surface area contributed by atoms with Gasteiger partial charge in [0.25, 0.3) is 0 Å². The Labute approximate surface area is 113 Å². The van der Waals surface area contributed by atoms with Crippen LogP contribution in [0.4, 0.5) is 11.7 Å². The molecule has 0 saturated carbocycles. The summed E-state index contributed by atoms with van der Waals surface area (Å²) in [5.41, 5.74) is 2.25. The zero-order chi connectivity index (χ0) is 13.7. The van der Waals surface area contributed by atoms with Crippen molar-refractivity contribution in [3.8, 4) is 0 Å². The molecule has 0 spiro atoms. The topological polar surface area (TPSA) is 63.0 Å². The summed E-state index contributed by atoms with van der Waals surface area (Å²) in [5, 5.41) is 14.3. The molecule has 0 saturated heterocycles. The summed E-state index contributed by atoms with van der Waals surface area (Å²) >= 11 is 0. The maximum absolute atomic E-state index is 5.56. The van der Waals surface area contributed by atoms with Crippen LogP contribution < -0.4 is 10.6 Å². The molecule has 1 aromatic carbocycles. The van der Waals surface area contributed by atoms with Crippen LogP contribution in [0.15, 0.2) is 28.7 Å². The van der Waals surface area contributed by atoms with Gasteiger partial charge in [0.05, 0.1) is 6.04 Å². The average Bonchev–Trinajstić information content (AvgIpc) is 2.88. The number of hydrogen-bond donors (Lipinski definition) is 2. The maximum Gasteiger partial charge on any atom is 0.320 e. The van der Waals surface area contributed by atoms with Gasteiger partial charge in [-0.1, -0.05) is 31.1 Å². The molecule has 0 aliphatic rings. The molecule has 0 radical (unpaired) electrons. The van der Waals surface area contributed by atoms with Gasteiger partial charge >= 0.3 is 6.01 Å². The van der Waals surface area contributed by atoms with E-state index < -0.39 is 0 Å². The molecule has 2 aromatic rings. The largest absolute Gasteiger partial charge is 0.406 e. The van der Waals surface area contributed by atoms with Crippen molar-refractivity contribution in [1.82, 2.24) is 15.5 Å². The third kappa shape index (κ3) is 3.54. The van der Waals surface area contributed by atoms with E-state index in [2.05, 4.69) is 39.9 Å². The number of hydrogen-bond acceptors (Lipinski definition) is 5. The number of nitrogens with one attached hydrogen (secondary N) is 2. The van der Waals surface area contributed by atoms with Gasteiger partial charge in [-0.05, 0) is 37.6 Å². The number of rotatable bonds is 6. The molecule has 5 nitrogen and oxygen atoms in total. The molecular weight excluding hydrogens is 240 g/mol. The fourth-order valence-corrected chi connectivity index (χ4v) is 1.80. The SMILES string of the molecule is CCNC(C)c1nnc(Nc2ccc(CC)cc2)o1. The van der Waals surface area contributed by atoms with Crippen LogP contribution in [-0.4, -0.2) is 16.7 Å². The molecule has 1 aromatic heterocycles. The predicted octanol–water partition coefficient (Wildman–Crippen LogP) is 3.05. The summed E-state index contributed by atoms with van der Waals surface area (Å²) in [6.07, 6.45) is 1.03. The Morgan fingerprint density at radius 3 is 2.53 bits per heavy atom. The van der Waals surface area contributed by atoms with Gasteiger partial charge in [0.1, 0.15) is 0 Å². The molecule has 2 rings (SSSR count). The lowest BCUT2D eigenvalue weighted by atomic mass is 10.1. The zero-order valence-corrected chi connectivity index (χ0v) is 11.6. The van der Waals surface area contributed by atoms with Crippen LogP contribution in [0.3, 0.4) is 0 Å². The first-order valence-corrected chi connectivity index (χ1v) is 6.65. The first-order valence-electron chi connectivity index (χ1n) is 6.65. The second kappa shape index (κ2) is 6.33. The molecule has 0 aliphatic heterocycles. The minimum atomic E-state index is 0.0653. The monoisotopic (exact) mass is 260 g/mol. The Bertz CT molecular complexity index is 506. The molecule has 0 fully saturated rings. The second-order valence-electron chi connectivity index (χ2n) is 4.40. The quantitative estimate of drug-likeness (QED) is 0.835. The highest BCUT2D eigenvalue weighted by molar-refractivity contribution is 5.52. The zero-order valence-electron chi connectivity index (χ0n) is 11.6. The standard InChI is InChI=1S/C14H20N4O/c1-4-11-6-8-12(9-7-11)16-14-18-17-13(19-14)10(3)15-5-2/h6-10,15H,4-5H2,1-3H3,(H,16,18). The summed E-state index contributed by atoms with van der Waals surface area (Å²) in [4.78, 5) is 0. The highest BCUT2D eigenvalue weighted by atomic mass is 16.4. The Morgan fingerprint density at radius 2 is 1.89 bits per heavy atom. The predicted molar refractivity (Wildman–Crippen MR) is 75.5 cm³/mol. The third-order valence-corrected chi connectivity index (χ3v) is 2.93. The van der Waals surface area contributed by atoms with Gasteiger partial charge in [-0.3, -0.25) is 0 Å². The first-order chi connectivity index (χ1) is 9.22. The Kier molecular flexibility index (Phi) is 4.52. The lowest BCUT2D eigenvalue weighted by Gasteiger charge is -2.06. The van der Waals surface area contributed by atoms with Crippen molar-refractivity contribution < 1.29 is 4.42 Å². The van der Waals surface area contributed by atoms with Crippen molar-refractivity contribution in [3.63, 3.8) is 0 Å². The summed E-state index contributed by atoms with van der Waals surface area (Å²) in [6.45, 7) is 7.04. The summed E-state index contributed by atoms with van der Waals surface area (Å²) in [5.74, 6) is 0.592. The number of aromatic nitrogens is 2. The van der Waals surface area contributed by atoms with E-state index in [1.165, 1.54) is 5.56 Å². The second-order valence-corrected chi connectivity index (χ2v) is 4.40. The fourth-order valence-electron chi connectivity index (χ4n) is 1.80. The number of benzene rings is 1.